The normalized spacial score (nSPS) is 18.2. The van der Waals surface area contributed by atoms with Crippen molar-refractivity contribution in [2.75, 3.05) is 18.5 Å². The van der Waals surface area contributed by atoms with E-state index in [9.17, 15) is 27.2 Å². The maximum atomic E-state index is 14.1. The molecule has 2 heterocycles. The minimum Gasteiger partial charge on any atom is -0.454 e. The van der Waals surface area contributed by atoms with Crippen molar-refractivity contribution in [3.05, 3.63) is 46.1 Å². The molecule has 2 aromatic rings. The number of esters is 1. The summed E-state index contributed by atoms with van der Waals surface area (Å²) in [7, 11) is -4.26. The van der Waals surface area contributed by atoms with E-state index in [1.807, 2.05) is 0 Å². The second-order valence-corrected chi connectivity index (χ2v) is 10.7. The van der Waals surface area contributed by atoms with Crippen LogP contribution in [-0.4, -0.2) is 49.7 Å². The van der Waals surface area contributed by atoms with Crippen LogP contribution < -0.4 is 11.1 Å². The van der Waals surface area contributed by atoms with E-state index in [2.05, 4.69) is 5.32 Å². The highest BCUT2D eigenvalue weighted by molar-refractivity contribution is 7.89. The predicted octanol–water partition coefficient (Wildman–Crippen LogP) is 1.81. The van der Waals surface area contributed by atoms with Gasteiger partial charge in [0.25, 0.3) is 11.8 Å². The number of rotatable bonds is 7. The summed E-state index contributed by atoms with van der Waals surface area (Å²) < 4.78 is 45.8. The molecular weight excluding hydrogens is 473 g/mol. The molecule has 1 fully saturated rings. The third kappa shape index (κ3) is 4.50. The minimum absolute atomic E-state index is 0.0331. The number of hydrogen-bond donors (Lipinski definition) is 2. The summed E-state index contributed by atoms with van der Waals surface area (Å²) in [5, 5.41) is 2.88. The van der Waals surface area contributed by atoms with Crippen LogP contribution in [-0.2, 0) is 37.2 Å². The van der Waals surface area contributed by atoms with Gasteiger partial charge in [0.1, 0.15) is 21.8 Å². The maximum absolute atomic E-state index is 14.1. The average molecular weight is 496 g/mol. The SMILES string of the molecule is NC(=O)c1c(NC(=O)COC(=O)[C@@H]2CCCN2S(=O)(=O)c2ccccc2F)sc2c1CCC2. The van der Waals surface area contributed by atoms with Crippen LogP contribution in [0.15, 0.2) is 29.2 Å². The number of sulfonamides is 1. The van der Waals surface area contributed by atoms with Gasteiger partial charge in [-0.3, -0.25) is 14.4 Å². The zero-order chi connectivity index (χ0) is 23.8. The highest BCUT2D eigenvalue weighted by Crippen LogP contribution is 2.38. The van der Waals surface area contributed by atoms with E-state index in [4.69, 9.17) is 10.5 Å². The zero-order valence-corrected chi connectivity index (χ0v) is 19.1. The van der Waals surface area contributed by atoms with Gasteiger partial charge >= 0.3 is 5.97 Å². The first-order chi connectivity index (χ1) is 15.7. The number of nitrogens with one attached hydrogen (secondary N) is 1. The lowest BCUT2D eigenvalue weighted by Gasteiger charge is -2.22. The maximum Gasteiger partial charge on any atom is 0.324 e. The van der Waals surface area contributed by atoms with Crippen molar-refractivity contribution in [3.8, 4) is 0 Å². The van der Waals surface area contributed by atoms with Crippen LogP contribution in [0.3, 0.4) is 0 Å². The van der Waals surface area contributed by atoms with E-state index in [0.717, 1.165) is 39.7 Å². The smallest absolute Gasteiger partial charge is 0.324 e. The lowest BCUT2D eigenvalue weighted by atomic mass is 10.1. The standard InChI is InChI=1S/C21H22FN3O6S2/c22-13-6-1-2-9-16(13)33(29,30)25-10-4-7-14(25)21(28)31-11-17(26)24-20-18(19(23)27)12-5-3-8-15(12)32-20/h1-2,6,9,14H,3-5,7-8,10-11H2,(H2,23,27)(H,24,26)/t14-/m0/s1. The Morgan fingerprint density at radius 3 is 2.70 bits per heavy atom. The Bertz CT molecular complexity index is 1230. The van der Waals surface area contributed by atoms with Crippen LogP contribution in [0.25, 0.3) is 0 Å². The van der Waals surface area contributed by atoms with Crippen LogP contribution >= 0.6 is 11.3 Å². The average Bonchev–Trinajstić information content (AvgIpc) is 3.48. The molecule has 0 bridgehead atoms. The minimum atomic E-state index is -4.26. The van der Waals surface area contributed by atoms with Crippen molar-refractivity contribution in [1.82, 2.24) is 4.31 Å². The van der Waals surface area contributed by atoms with Gasteiger partial charge in [-0.25, -0.2) is 12.8 Å². The monoisotopic (exact) mass is 495 g/mol. The number of primary amides is 1. The molecule has 3 N–H and O–H groups in total. The number of carbonyl (C=O) groups excluding carboxylic acids is 3. The fourth-order valence-corrected chi connectivity index (χ4v) is 7.22. The van der Waals surface area contributed by atoms with E-state index < -0.39 is 51.2 Å². The molecular formula is C21H22FN3O6S2. The second-order valence-electron chi connectivity index (χ2n) is 7.79. The summed E-state index contributed by atoms with van der Waals surface area (Å²) in [4.78, 5) is 37.3. The molecule has 33 heavy (non-hydrogen) atoms. The first-order valence-electron chi connectivity index (χ1n) is 10.4. The van der Waals surface area contributed by atoms with Gasteiger partial charge in [0.15, 0.2) is 6.61 Å². The van der Waals surface area contributed by atoms with E-state index in [1.165, 1.54) is 23.5 Å². The topological polar surface area (TPSA) is 136 Å². The highest BCUT2D eigenvalue weighted by Gasteiger charge is 2.41. The summed E-state index contributed by atoms with van der Waals surface area (Å²) in [6.45, 7) is -0.630. The number of halogens is 1. The molecule has 4 rings (SSSR count). The van der Waals surface area contributed by atoms with Gasteiger partial charge in [0.2, 0.25) is 10.0 Å². The number of benzene rings is 1. The zero-order valence-electron chi connectivity index (χ0n) is 17.5. The lowest BCUT2D eigenvalue weighted by molar-refractivity contribution is -0.150. The number of amides is 2. The first-order valence-corrected chi connectivity index (χ1v) is 12.6. The second kappa shape index (κ2) is 9.20. The molecule has 12 heteroatoms. The van der Waals surface area contributed by atoms with Gasteiger partial charge in [0.05, 0.1) is 5.56 Å². The lowest BCUT2D eigenvalue weighted by Crippen LogP contribution is -2.42. The molecule has 2 aliphatic rings. The molecule has 1 aliphatic carbocycles. The van der Waals surface area contributed by atoms with Gasteiger partial charge in [0, 0.05) is 11.4 Å². The number of nitrogens with two attached hydrogens (primary N) is 1. The third-order valence-electron chi connectivity index (χ3n) is 5.67. The quantitative estimate of drug-likeness (QED) is 0.563. The Morgan fingerprint density at radius 2 is 1.97 bits per heavy atom. The molecule has 0 unspecified atom stereocenters. The molecule has 1 atom stereocenters. The number of nitrogens with zero attached hydrogens (tertiary/aromatic N) is 1. The van der Waals surface area contributed by atoms with Crippen molar-refractivity contribution in [3.63, 3.8) is 0 Å². The largest absolute Gasteiger partial charge is 0.454 e. The van der Waals surface area contributed by atoms with Gasteiger partial charge in [-0.2, -0.15) is 4.31 Å². The molecule has 1 aromatic heterocycles. The van der Waals surface area contributed by atoms with Gasteiger partial charge in [-0.05, 0) is 49.8 Å². The molecule has 1 saturated heterocycles. The molecule has 0 saturated carbocycles. The van der Waals surface area contributed by atoms with Crippen molar-refractivity contribution in [2.24, 2.45) is 5.73 Å². The molecule has 1 aliphatic heterocycles. The molecule has 9 nitrogen and oxygen atoms in total. The molecule has 0 spiro atoms. The number of fused-ring (bicyclic) bond motifs is 1. The predicted molar refractivity (Wildman–Crippen MR) is 118 cm³/mol. The van der Waals surface area contributed by atoms with Crippen molar-refractivity contribution >= 4 is 44.1 Å². The van der Waals surface area contributed by atoms with Crippen LogP contribution in [0.4, 0.5) is 9.39 Å². The number of ether oxygens (including phenoxy) is 1. The summed E-state index contributed by atoms with van der Waals surface area (Å²) in [6.07, 6.45) is 3.02. The fraction of sp³-hybridized carbons (Fsp3) is 0.381. The Kier molecular flexibility index (Phi) is 6.50. The van der Waals surface area contributed by atoms with Gasteiger partial charge in [-0.15, -0.1) is 11.3 Å². The molecule has 0 radical (unpaired) electrons. The Balaban J connectivity index is 1.41. The Hall–Kier alpha value is -2.83. The van der Waals surface area contributed by atoms with E-state index in [-0.39, 0.29) is 18.5 Å². The van der Waals surface area contributed by atoms with E-state index in [1.54, 1.807) is 0 Å². The van der Waals surface area contributed by atoms with E-state index in [0.29, 0.717) is 17.8 Å². The Labute approximate surface area is 193 Å². The van der Waals surface area contributed by atoms with Gasteiger partial charge < -0.3 is 15.8 Å². The number of carbonyl (C=O) groups is 3. The molecule has 176 valence electrons. The van der Waals surface area contributed by atoms with Crippen molar-refractivity contribution < 1.29 is 31.9 Å². The number of aryl methyl sites for hydroxylation is 1. The van der Waals surface area contributed by atoms with Gasteiger partial charge in [-0.1, -0.05) is 12.1 Å². The number of hydrogen-bond acceptors (Lipinski definition) is 7. The van der Waals surface area contributed by atoms with Crippen LogP contribution in [0.5, 0.6) is 0 Å². The summed E-state index contributed by atoms with van der Waals surface area (Å²) in [6, 6.07) is 3.77. The van der Waals surface area contributed by atoms with Crippen LogP contribution in [0.1, 0.15) is 40.1 Å². The molecule has 1 aromatic carbocycles. The van der Waals surface area contributed by atoms with Crippen molar-refractivity contribution in [1.29, 1.82) is 0 Å². The van der Waals surface area contributed by atoms with Crippen LogP contribution in [0, 0.1) is 5.82 Å². The fourth-order valence-electron chi connectivity index (χ4n) is 4.19. The van der Waals surface area contributed by atoms with Crippen LogP contribution in [0.2, 0.25) is 0 Å². The van der Waals surface area contributed by atoms with Crippen molar-refractivity contribution in [2.45, 2.75) is 43.0 Å². The third-order valence-corrected chi connectivity index (χ3v) is 8.81. The summed E-state index contributed by atoms with van der Waals surface area (Å²) in [5.74, 6) is -3.12. The summed E-state index contributed by atoms with van der Waals surface area (Å²) >= 11 is 1.27. The first kappa shape index (κ1) is 23.3. The molecule has 2 amide bonds. The highest BCUT2D eigenvalue weighted by atomic mass is 32.2. The van der Waals surface area contributed by atoms with E-state index >= 15 is 0 Å². The number of thiophene rings is 1. The Morgan fingerprint density at radius 1 is 1.21 bits per heavy atom. The number of anilines is 1. The summed E-state index contributed by atoms with van der Waals surface area (Å²) in [5.41, 5.74) is 6.60.